The highest BCUT2D eigenvalue weighted by atomic mass is 31.1. The molecular weight excluding hydrogens is 223 g/mol. The number of carbonyl (C=O) groups excluding carboxylic acids is 2. The molecule has 0 aromatic heterocycles. The molecule has 0 aliphatic rings. The average Bonchev–Trinajstić information content (AvgIpc) is 2.01. The molecule has 0 rings (SSSR count). The van der Waals surface area contributed by atoms with Crippen molar-refractivity contribution in [2.75, 3.05) is 13.3 Å². The molecule has 0 spiro atoms. The van der Waals surface area contributed by atoms with Crippen LogP contribution in [0.4, 0.5) is 0 Å². The van der Waals surface area contributed by atoms with Gasteiger partial charge in [0.2, 0.25) is 0 Å². The molecule has 0 fully saturated rings. The van der Waals surface area contributed by atoms with Gasteiger partial charge in [0.15, 0.2) is 0 Å². The lowest BCUT2D eigenvalue weighted by molar-refractivity contribution is -0.161. The Kier molecular flexibility index (Phi) is 9.75. The van der Waals surface area contributed by atoms with Gasteiger partial charge in [0, 0.05) is 0 Å². The second-order valence-corrected chi connectivity index (χ2v) is 5.60. The molecule has 0 saturated heterocycles. The molecule has 0 bridgehead atoms. The van der Waals surface area contributed by atoms with Crippen molar-refractivity contribution >= 4 is 20.3 Å². The van der Waals surface area contributed by atoms with Crippen molar-refractivity contribution in [3.05, 3.63) is 0 Å². The summed E-state index contributed by atoms with van der Waals surface area (Å²) < 4.78 is 5.09. The Balaban J connectivity index is 0. The number of ether oxygens (including phenoxy) is 1. The van der Waals surface area contributed by atoms with E-state index in [-0.39, 0.29) is 5.78 Å². The molecule has 0 aromatic rings. The van der Waals surface area contributed by atoms with Gasteiger partial charge < -0.3 is 4.74 Å². The summed E-state index contributed by atoms with van der Waals surface area (Å²) in [7, 11) is 1.08. The molecule has 4 heteroatoms. The topological polar surface area (TPSA) is 43.4 Å². The lowest BCUT2D eigenvalue weighted by Crippen LogP contribution is -2.31. The normalized spacial score (nSPS) is 12.2. The van der Waals surface area contributed by atoms with Crippen molar-refractivity contribution in [3.8, 4) is 0 Å². The van der Waals surface area contributed by atoms with Crippen LogP contribution in [0.3, 0.4) is 0 Å². The molecule has 3 nitrogen and oxygen atoms in total. The maximum Gasteiger partial charge on any atom is 0.316 e. The van der Waals surface area contributed by atoms with Crippen LogP contribution < -0.4 is 0 Å². The summed E-state index contributed by atoms with van der Waals surface area (Å²) >= 11 is 0. The SMILES string of the molecule is CCC(C(C)=O)C(=O)OC(C)(C)C.CPC. The minimum absolute atomic E-state index is 0.128. The van der Waals surface area contributed by atoms with Gasteiger partial charge in [0.05, 0.1) is 0 Å². The minimum atomic E-state index is -0.598. The van der Waals surface area contributed by atoms with E-state index in [1.54, 1.807) is 27.7 Å². The van der Waals surface area contributed by atoms with Crippen LogP contribution in [-0.4, -0.2) is 30.7 Å². The van der Waals surface area contributed by atoms with Gasteiger partial charge in [-0.2, -0.15) is 0 Å². The van der Waals surface area contributed by atoms with Gasteiger partial charge in [0.25, 0.3) is 0 Å². The first-order valence-corrected chi connectivity index (χ1v) is 7.51. The monoisotopic (exact) mass is 248 g/mol. The fourth-order valence-electron chi connectivity index (χ4n) is 0.993. The molecule has 0 N–H and O–H groups in total. The smallest absolute Gasteiger partial charge is 0.316 e. The summed E-state index contributed by atoms with van der Waals surface area (Å²) in [6, 6.07) is 0. The van der Waals surface area contributed by atoms with Gasteiger partial charge in [-0.3, -0.25) is 9.59 Å². The quantitative estimate of drug-likeness (QED) is 0.438. The second-order valence-electron chi connectivity index (χ2n) is 4.60. The zero-order valence-corrected chi connectivity index (χ0v) is 12.5. The first kappa shape index (κ1) is 17.9. The van der Waals surface area contributed by atoms with Gasteiger partial charge in [-0.1, -0.05) is 6.92 Å². The van der Waals surface area contributed by atoms with Gasteiger partial charge in [-0.15, -0.1) is 8.58 Å². The molecular formula is C12H25O3P. The van der Waals surface area contributed by atoms with E-state index >= 15 is 0 Å². The minimum Gasteiger partial charge on any atom is -0.459 e. The molecule has 0 amide bonds. The van der Waals surface area contributed by atoms with E-state index in [0.717, 1.165) is 8.58 Å². The highest BCUT2D eigenvalue weighted by Crippen LogP contribution is 2.14. The van der Waals surface area contributed by atoms with Gasteiger partial charge in [-0.25, -0.2) is 0 Å². The third-order valence-electron chi connectivity index (χ3n) is 1.59. The summed E-state index contributed by atoms with van der Waals surface area (Å²) in [6.45, 7) is 12.9. The fourth-order valence-corrected chi connectivity index (χ4v) is 0.993. The number of hydrogen-bond acceptors (Lipinski definition) is 3. The van der Waals surface area contributed by atoms with E-state index in [4.69, 9.17) is 4.74 Å². The largest absolute Gasteiger partial charge is 0.459 e. The van der Waals surface area contributed by atoms with Crippen molar-refractivity contribution in [2.24, 2.45) is 5.92 Å². The third-order valence-corrected chi connectivity index (χ3v) is 1.59. The van der Waals surface area contributed by atoms with E-state index in [2.05, 4.69) is 13.3 Å². The van der Waals surface area contributed by atoms with Crippen LogP contribution in [0, 0.1) is 5.92 Å². The Morgan fingerprint density at radius 1 is 1.25 bits per heavy atom. The lowest BCUT2D eigenvalue weighted by atomic mass is 10.0. The Morgan fingerprint density at radius 3 is 1.81 bits per heavy atom. The highest BCUT2D eigenvalue weighted by Gasteiger charge is 2.26. The number of hydrogen-bond donors (Lipinski definition) is 0. The second kappa shape index (κ2) is 8.69. The maximum atomic E-state index is 11.4. The van der Waals surface area contributed by atoms with Crippen LogP contribution in [0.15, 0.2) is 0 Å². The Labute approximate surface area is 101 Å². The number of Topliss-reactive ketones (excluding diaryl/α,β-unsaturated/α-hetero) is 1. The van der Waals surface area contributed by atoms with Crippen molar-refractivity contribution in [3.63, 3.8) is 0 Å². The molecule has 1 unspecified atom stereocenters. The standard InChI is InChI=1S/C10H18O3.C2H7P/c1-6-8(7(2)11)9(12)13-10(3,4)5;1-3-2/h8H,6H2,1-5H3;3H,1-2H3. The summed E-state index contributed by atoms with van der Waals surface area (Å²) in [5.41, 5.74) is -0.514. The zero-order valence-electron chi connectivity index (χ0n) is 11.5. The zero-order chi connectivity index (χ0) is 13.4. The number of esters is 1. The van der Waals surface area contributed by atoms with E-state index < -0.39 is 17.5 Å². The number of carbonyl (C=O) groups is 2. The van der Waals surface area contributed by atoms with Crippen LogP contribution in [0.25, 0.3) is 0 Å². The Hall–Kier alpha value is -0.430. The van der Waals surface area contributed by atoms with E-state index in [0.29, 0.717) is 6.42 Å². The summed E-state index contributed by atoms with van der Waals surface area (Å²) in [6.07, 6.45) is 0.504. The first-order valence-electron chi connectivity index (χ1n) is 5.51. The van der Waals surface area contributed by atoms with Crippen LogP contribution in [0.5, 0.6) is 0 Å². The number of rotatable bonds is 3. The predicted molar refractivity (Wildman–Crippen MR) is 70.5 cm³/mol. The molecule has 16 heavy (non-hydrogen) atoms. The number of ketones is 1. The van der Waals surface area contributed by atoms with Crippen molar-refractivity contribution < 1.29 is 14.3 Å². The lowest BCUT2D eigenvalue weighted by Gasteiger charge is -2.22. The molecule has 0 heterocycles. The van der Waals surface area contributed by atoms with Gasteiger partial charge in [-0.05, 0) is 47.4 Å². The Bertz CT molecular complexity index is 219. The van der Waals surface area contributed by atoms with E-state index in [1.807, 2.05) is 0 Å². The predicted octanol–water partition coefficient (Wildman–Crippen LogP) is 2.87. The summed E-state index contributed by atoms with van der Waals surface area (Å²) in [5, 5.41) is 0. The molecule has 96 valence electrons. The van der Waals surface area contributed by atoms with Crippen molar-refractivity contribution in [1.29, 1.82) is 0 Å². The summed E-state index contributed by atoms with van der Waals surface area (Å²) in [4.78, 5) is 22.4. The molecule has 0 saturated carbocycles. The van der Waals surface area contributed by atoms with Crippen molar-refractivity contribution in [2.45, 2.75) is 46.6 Å². The molecule has 0 aliphatic heterocycles. The van der Waals surface area contributed by atoms with E-state index in [9.17, 15) is 9.59 Å². The first-order chi connectivity index (χ1) is 7.19. The molecule has 0 aliphatic carbocycles. The Morgan fingerprint density at radius 2 is 1.62 bits per heavy atom. The van der Waals surface area contributed by atoms with Gasteiger partial charge in [0.1, 0.15) is 17.3 Å². The summed E-state index contributed by atoms with van der Waals surface area (Å²) in [5.74, 6) is -1.14. The average molecular weight is 248 g/mol. The molecule has 0 aromatic carbocycles. The highest BCUT2D eigenvalue weighted by molar-refractivity contribution is 7.35. The molecule has 0 radical (unpaired) electrons. The maximum absolute atomic E-state index is 11.4. The van der Waals surface area contributed by atoms with Crippen molar-refractivity contribution in [1.82, 2.24) is 0 Å². The van der Waals surface area contributed by atoms with Crippen LogP contribution in [0.1, 0.15) is 41.0 Å². The van der Waals surface area contributed by atoms with Crippen LogP contribution >= 0.6 is 8.58 Å². The van der Waals surface area contributed by atoms with Crippen LogP contribution in [0.2, 0.25) is 0 Å². The fraction of sp³-hybridized carbons (Fsp3) is 0.833. The van der Waals surface area contributed by atoms with E-state index in [1.165, 1.54) is 6.92 Å². The van der Waals surface area contributed by atoms with Gasteiger partial charge >= 0.3 is 5.97 Å². The molecule has 1 atom stereocenters. The third kappa shape index (κ3) is 10.1. The van der Waals surface area contributed by atoms with Crippen LogP contribution in [-0.2, 0) is 14.3 Å².